The van der Waals surface area contributed by atoms with E-state index in [1.807, 2.05) is 24.3 Å². The predicted molar refractivity (Wildman–Crippen MR) is 134 cm³/mol. The molecule has 2 aromatic carbocycles. The van der Waals surface area contributed by atoms with Gasteiger partial charge in [-0.2, -0.15) is 13.2 Å². The minimum absolute atomic E-state index is 0.0126. The van der Waals surface area contributed by atoms with Gasteiger partial charge in [0.1, 0.15) is 16.6 Å². The molecule has 2 aliphatic rings. The highest BCUT2D eigenvalue weighted by Crippen LogP contribution is 2.33. The Morgan fingerprint density at radius 2 is 1.86 bits per heavy atom. The molecule has 1 N–H and O–H groups in total. The predicted octanol–water partition coefficient (Wildman–Crippen LogP) is 6.26. The first-order valence-electron chi connectivity index (χ1n) is 11.2. The number of amides is 2. The molecule has 0 radical (unpaired) electrons. The van der Waals surface area contributed by atoms with Crippen LogP contribution in [0.15, 0.2) is 53.4 Å². The van der Waals surface area contributed by atoms with Gasteiger partial charge in [0.05, 0.1) is 16.6 Å². The van der Waals surface area contributed by atoms with Gasteiger partial charge < -0.3 is 10.1 Å². The van der Waals surface area contributed by atoms with E-state index < -0.39 is 30.1 Å². The third kappa shape index (κ3) is 6.64. The molecule has 10 heteroatoms. The summed E-state index contributed by atoms with van der Waals surface area (Å²) in [6.45, 7) is -0.396. The minimum atomic E-state index is -4.52. The van der Waals surface area contributed by atoms with Crippen LogP contribution in [-0.2, 0) is 15.8 Å². The number of anilines is 1. The van der Waals surface area contributed by atoms with Crippen LogP contribution >= 0.6 is 24.0 Å². The molecule has 1 saturated heterocycles. The molecule has 184 valence electrons. The van der Waals surface area contributed by atoms with Crippen LogP contribution in [0.4, 0.5) is 18.9 Å². The molecule has 0 bridgehead atoms. The van der Waals surface area contributed by atoms with Crippen LogP contribution in [0, 0.1) is 0 Å². The molecule has 2 amide bonds. The first-order chi connectivity index (χ1) is 16.7. The van der Waals surface area contributed by atoms with Crippen molar-refractivity contribution in [1.29, 1.82) is 0 Å². The Bertz CT molecular complexity index is 1140. The second-order valence-corrected chi connectivity index (χ2v) is 10.0. The standard InChI is InChI=1S/C25H23F3N2O3S2/c26-25(27,28)17-5-4-6-18(14-17)29-22(31)15-30-23(32)21(35-24(30)34)13-16-9-11-20(12-10-16)33-19-7-2-1-3-8-19/h4-6,9-14,19H,1-3,7-8,15H2,(H,29,31)/b21-13-. The Hall–Kier alpha value is -2.85. The second-order valence-electron chi connectivity index (χ2n) is 8.34. The van der Waals surface area contributed by atoms with E-state index in [1.54, 1.807) is 6.08 Å². The summed E-state index contributed by atoms with van der Waals surface area (Å²) in [5.41, 5.74) is -0.102. The van der Waals surface area contributed by atoms with E-state index in [9.17, 15) is 22.8 Å². The molecule has 4 rings (SSSR count). The van der Waals surface area contributed by atoms with Gasteiger partial charge in [0.25, 0.3) is 5.91 Å². The number of alkyl halides is 3. The molecule has 1 heterocycles. The van der Waals surface area contributed by atoms with Crippen molar-refractivity contribution in [3.63, 3.8) is 0 Å². The van der Waals surface area contributed by atoms with Crippen LogP contribution in [-0.4, -0.2) is 33.7 Å². The van der Waals surface area contributed by atoms with Gasteiger partial charge in [0, 0.05) is 5.69 Å². The zero-order valence-electron chi connectivity index (χ0n) is 18.6. The van der Waals surface area contributed by atoms with Gasteiger partial charge in [-0.15, -0.1) is 0 Å². The molecule has 0 unspecified atom stereocenters. The van der Waals surface area contributed by atoms with Crippen molar-refractivity contribution in [2.45, 2.75) is 44.4 Å². The molecule has 1 aliphatic heterocycles. The van der Waals surface area contributed by atoms with Crippen molar-refractivity contribution in [3.05, 3.63) is 64.6 Å². The van der Waals surface area contributed by atoms with Gasteiger partial charge in [-0.1, -0.05) is 48.6 Å². The normalized spacial score (nSPS) is 18.3. The van der Waals surface area contributed by atoms with E-state index in [2.05, 4.69) is 5.32 Å². The number of ether oxygens (including phenoxy) is 1. The number of hydrogen-bond donors (Lipinski definition) is 1. The molecule has 35 heavy (non-hydrogen) atoms. The summed E-state index contributed by atoms with van der Waals surface area (Å²) in [5, 5.41) is 2.39. The number of rotatable bonds is 6. The van der Waals surface area contributed by atoms with Crippen LogP contribution in [0.2, 0.25) is 0 Å². The number of thioether (sulfide) groups is 1. The molecule has 0 aromatic heterocycles. The quantitative estimate of drug-likeness (QED) is 0.360. The summed E-state index contributed by atoms with van der Waals surface area (Å²) < 4.78 is 44.9. The number of hydrogen-bond acceptors (Lipinski definition) is 5. The average Bonchev–Trinajstić information content (AvgIpc) is 3.08. The van der Waals surface area contributed by atoms with E-state index in [4.69, 9.17) is 17.0 Å². The van der Waals surface area contributed by atoms with Crippen LogP contribution < -0.4 is 10.1 Å². The summed E-state index contributed by atoms with van der Waals surface area (Å²) in [7, 11) is 0. The van der Waals surface area contributed by atoms with Crippen molar-refractivity contribution in [1.82, 2.24) is 4.90 Å². The lowest BCUT2D eigenvalue weighted by atomic mass is 9.98. The Balaban J connectivity index is 1.36. The Morgan fingerprint density at radius 1 is 1.14 bits per heavy atom. The highest BCUT2D eigenvalue weighted by atomic mass is 32.2. The first-order valence-corrected chi connectivity index (χ1v) is 12.4. The molecule has 2 aromatic rings. The third-order valence-corrected chi connectivity index (χ3v) is 7.06. The van der Waals surface area contributed by atoms with E-state index >= 15 is 0 Å². The number of nitrogens with zero attached hydrogens (tertiary/aromatic N) is 1. The van der Waals surface area contributed by atoms with E-state index in [0.717, 1.165) is 52.9 Å². The third-order valence-electron chi connectivity index (χ3n) is 5.68. The maximum absolute atomic E-state index is 12.9. The van der Waals surface area contributed by atoms with E-state index in [-0.39, 0.29) is 16.1 Å². The molecule has 0 atom stereocenters. The summed E-state index contributed by atoms with van der Waals surface area (Å²) >= 11 is 6.33. The van der Waals surface area contributed by atoms with Crippen molar-refractivity contribution in [2.75, 3.05) is 11.9 Å². The molecule has 2 fully saturated rings. The Morgan fingerprint density at radius 3 is 2.54 bits per heavy atom. The number of benzene rings is 2. The van der Waals surface area contributed by atoms with Crippen molar-refractivity contribution in [3.8, 4) is 5.75 Å². The van der Waals surface area contributed by atoms with Gasteiger partial charge in [-0.25, -0.2) is 0 Å². The Labute approximate surface area is 210 Å². The Kier molecular flexibility index (Phi) is 7.81. The fourth-order valence-electron chi connectivity index (χ4n) is 3.92. The molecular formula is C25H23F3N2O3S2. The van der Waals surface area contributed by atoms with Crippen LogP contribution in [0.3, 0.4) is 0 Å². The number of carbonyl (C=O) groups excluding carboxylic acids is 2. The topological polar surface area (TPSA) is 58.6 Å². The van der Waals surface area contributed by atoms with Gasteiger partial charge in [0.2, 0.25) is 5.91 Å². The smallest absolute Gasteiger partial charge is 0.416 e. The number of carbonyl (C=O) groups is 2. The number of thiocarbonyl (C=S) groups is 1. The van der Waals surface area contributed by atoms with Crippen LogP contribution in [0.25, 0.3) is 6.08 Å². The van der Waals surface area contributed by atoms with Gasteiger partial charge in [-0.05, 0) is 67.7 Å². The van der Waals surface area contributed by atoms with Crippen LogP contribution in [0.1, 0.15) is 43.2 Å². The zero-order valence-corrected chi connectivity index (χ0v) is 20.3. The molecule has 1 aliphatic carbocycles. The lowest BCUT2D eigenvalue weighted by Crippen LogP contribution is -2.36. The maximum atomic E-state index is 12.9. The highest BCUT2D eigenvalue weighted by Gasteiger charge is 2.34. The summed E-state index contributed by atoms with van der Waals surface area (Å²) in [6, 6.07) is 11.7. The number of halogens is 3. The maximum Gasteiger partial charge on any atom is 0.416 e. The molecule has 5 nitrogen and oxygen atoms in total. The lowest BCUT2D eigenvalue weighted by molar-refractivity contribution is -0.137. The monoisotopic (exact) mass is 520 g/mol. The fraction of sp³-hybridized carbons (Fsp3) is 0.320. The summed E-state index contributed by atoms with van der Waals surface area (Å²) in [4.78, 5) is 26.7. The fourth-order valence-corrected chi connectivity index (χ4v) is 5.18. The summed E-state index contributed by atoms with van der Waals surface area (Å²) in [5.74, 6) is -0.291. The largest absolute Gasteiger partial charge is 0.490 e. The zero-order chi connectivity index (χ0) is 25.0. The van der Waals surface area contributed by atoms with Gasteiger partial charge in [-0.3, -0.25) is 14.5 Å². The highest BCUT2D eigenvalue weighted by molar-refractivity contribution is 8.26. The van der Waals surface area contributed by atoms with Crippen molar-refractivity contribution in [2.24, 2.45) is 0 Å². The van der Waals surface area contributed by atoms with Crippen LogP contribution in [0.5, 0.6) is 5.75 Å². The summed E-state index contributed by atoms with van der Waals surface area (Å²) in [6.07, 6.45) is 3.15. The lowest BCUT2D eigenvalue weighted by Gasteiger charge is -2.22. The minimum Gasteiger partial charge on any atom is -0.490 e. The first kappa shape index (κ1) is 25.2. The molecule has 1 saturated carbocycles. The SMILES string of the molecule is O=C(CN1C(=O)/C(=C/c2ccc(OC3CCCCC3)cc2)SC1=S)Nc1cccc(C(F)(F)F)c1. The number of nitrogens with one attached hydrogen (secondary N) is 1. The van der Waals surface area contributed by atoms with Gasteiger partial charge >= 0.3 is 6.18 Å². The molecule has 0 spiro atoms. The van der Waals surface area contributed by atoms with Crippen molar-refractivity contribution >= 4 is 51.9 Å². The van der Waals surface area contributed by atoms with E-state index in [1.165, 1.54) is 31.4 Å². The van der Waals surface area contributed by atoms with Crippen molar-refractivity contribution < 1.29 is 27.5 Å². The molecular weight excluding hydrogens is 497 g/mol. The average molecular weight is 521 g/mol. The second kappa shape index (κ2) is 10.8. The van der Waals surface area contributed by atoms with E-state index in [0.29, 0.717) is 4.91 Å². The van der Waals surface area contributed by atoms with Gasteiger partial charge in [0.15, 0.2) is 0 Å².